The standard InChI is InChI=1S/C21H24N6O9S2/c1-8(28)4-11(29)35-5-9-6-37-17-13(16(31)27(17)14(9)18(32)33)25-15(30)12(10-7-38-20(23)24-10)26-36-21(2,3)19(22)34/h7,13,17H,4-6H2,1-3H3,(H2,22,34)(H2,23,24)(H,25,30)(H,32,33)/b26-12-/t13-,17+/m1/s1. The Hall–Kier alpha value is -3.99. The van der Waals surface area contributed by atoms with Crippen molar-refractivity contribution in [2.75, 3.05) is 18.1 Å². The van der Waals surface area contributed by atoms with Crippen molar-refractivity contribution in [2.24, 2.45) is 10.9 Å². The van der Waals surface area contributed by atoms with Crippen molar-refractivity contribution in [1.82, 2.24) is 15.2 Å². The van der Waals surface area contributed by atoms with E-state index in [9.17, 15) is 33.9 Å². The monoisotopic (exact) mass is 568 g/mol. The number of hydrogen-bond acceptors (Lipinski definition) is 13. The zero-order valence-electron chi connectivity index (χ0n) is 20.4. The zero-order valence-corrected chi connectivity index (χ0v) is 22.0. The van der Waals surface area contributed by atoms with Crippen LogP contribution in [0.3, 0.4) is 0 Å². The fraction of sp³-hybridized carbons (Fsp3) is 0.429. The van der Waals surface area contributed by atoms with Gasteiger partial charge in [-0.3, -0.25) is 28.9 Å². The number of β-lactam (4-membered cyclic amide) rings is 1. The number of thioether (sulfide) groups is 1. The quantitative estimate of drug-likeness (QED) is 0.0825. The van der Waals surface area contributed by atoms with Crippen molar-refractivity contribution in [1.29, 1.82) is 0 Å². The second kappa shape index (κ2) is 11.2. The number of aliphatic carboxylic acids is 1. The van der Waals surface area contributed by atoms with Crippen molar-refractivity contribution in [3.05, 3.63) is 22.3 Å². The summed E-state index contributed by atoms with van der Waals surface area (Å²) in [6.45, 7) is 3.47. The number of nitrogens with two attached hydrogens (primary N) is 2. The van der Waals surface area contributed by atoms with Gasteiger partial charge in [0, 0.05) is 16.7 Å². The van der Waals surface area contributed by atoms with Gasteiger partial charge in [-0.05, 0) is 20.8 Å². The van der Waals surface area contributed by atoms with Gasteiger partial charge in [0.1, 0.15) is 41.6 Å². The fourth-order valence-electron chi connectivity index (χ4n) is 3.23. The van der Waals surface area contributed by atoms with Gasteiger partial charge in [0.05, 0.1) is 0 Å². The number of carbonyl (C=O) groups excluding carboxylic acids is 5. The van der Waals surface area contributed by atoms with E-state index in [-0.39, 0.29) is 33.6 Å². The van der Waals surface area contributed by atoms with E-state index in [2.05, 4.69) is 15.5 Å². The number of ether oxygens (including phenoxy) is 1. The van der Waals surface area contributed by atoms with E-state index in [0.717, 1.165) is 28.0 Å². The van der Waals surface area contributed by atoms with E-state index in [1.807, 2.05) is 0 Å². The number of hydrogen-bond donors (Lipinski definition) is 4. The number of carbonyl (C=O) groups is 6. The van der Waals surface area contributed by atoms with E-state index < -0.39 is 65.5 Å². The molecule has 0 aliphatic carbocycles. The molecule has 1 saturated heterocycles. The number of thiazole rings is 1. The topological polar surface area (TPSA) is 234 Å². The van der Waals surface area contributed by atoms with Crippen LogP contribution in [-0.4, -0.2) is 85.5 Å². The minimum atomic E-state index is -1.57. The summed E-state index contributed by atoms with van der Waals surface area (Å²) in [4.78, 5) is 82.4. The normalized spacial score (nSPS) is 19.3. The number of oxime groups is 1. The summed E-state index contributed by atoms with van der Waals surface area (Å²) >= 11 is 2.15. The molecule has 1 aromatic rings. The number of esters is 1. The Labute approximate surface area is 223 Å². The molecule has 1 aromatic heterocycles. The molecule has 0 bridgehead atoms. The van der Waals surface area contributed by atoms with Crippen LogP contribution in [0.25, 0.3) is 0 Å². The molecule has 0 aromatic carbocycles. The Kier molecular flexibility index (Phi) is 8.41. The molecule has 0 unspecified atom stereocenters. The van der Waals surface area contributed by atoms with E-state index in [4.69, 9.17) is 21.0 Å². The number of fused-ring (bicyclic) bond motifs is 1. The maximum atomic E-state index is 13.1. The molecule has 6 N–H and O–H groups in total. The average Bonchev–Trinajstić information content (AvgIpc) is 3.25. The summed E-state index contributed by atoms with van der Waals surface area (Å²) in [6.07, 6.45) is -0.461. The number of amides is 3. The molecule has 0 radical (unpaired) electrons. The first-order valence-corrected chi connectivity index (χ1v) is 12.8. The molecule has 3 heterocycles. The number of rotatable bonds is 11. The molecular formula is C21H24N6O9S2. The summed E-state index contributed by atoms with van der Waals surface area (Å²) in [5, 5.41) is 16.7. The SMILES string of the molecule is CC(=O)CC(=O)OCC1=C(C(=O)O)N2C(=O)[C@@H](NC(=O)/C(=N\OC(C)(C)C(N)=O)c3csc(N)n3)[C@@H]2SC1. The Morgan fingerprint density at radius 3 is 2.55 bits per heavy atom. The first-order chi connectivity index (χ1) is 17.7. The highest BCUT2D eigenvalue weighted by Gasteiger charge is 2.54. The molecule has 0 saturated carbocycles. The third-order valence-electron chi connectivity index (χ3n) is 5.28. The summed E-state index contributed by atoms with van der Waals surface area (Å²) in [5.74, 6) is -5.04. The number of aromatic nitrogens is 1. The highest BCUT2D eigenvalue weighted by Crippen LogP contribution is 2.40. The van der Waals surface area contributed by atoms with Gasteiger partial charge < -0.3 is 31.5 Å². The van der Waals surface area contributed by atoms with Gasteiger partial charge in [0.25, 0.3) is 17.7 Å². The van der Waals surface area contributed by atoms with Crippen molar-refractivity contribution < 1.29 is 43.4 Å². The second-order valence-electron chi connectivity index (χ2n) is 8.63. The highest BCUT2D eigenvalue weighted by atomic mass is 32.2. The summed E-state index contributed by atoms with van der Waals surface area (Å²) in [5.41, 5.74) is 8.79. The average molecular weight is 569 g/mol. The van der Waals surface area contributed by atoms with Crippen LogP contribution >= 0.6 is 23.1 Å². The molecular weight excluding hydrogens is 544 g/mol. The smallest absolute Gasteiger partial charge is 0.352 e. The molecule has 3 rings (SSSR count). The van der Waals surface area contributed by atoms with Crippen LogP contribution in [-0.2, 0) is 38.3 Å². The van der Waals surface area contributed by atoms with Crippen molar-refractivity contribution >= 4 is 69.4 Å². The van der Waals surface area contributed by atoms with Crippen LogP contribution in [0.1, 0.15) is 32.9 Å². The number of Topliss-reactive ketones (excluding diaryl/α,β-unsaturated/α-hetero) is 1. The second-order valence-corrected chi connectivity index (χ2v) is 10.6. The number of nitrogen functional groups attached to an aromatic ring is 1. The van der Waals surface area contributed by atoms with Crippen LogP contribution in [0.5, 0.6) is 0 Å². The molecule has 2 aliphatic heterocycles. The molecule has 15 nitrogen and oxygen atoms in total. The Morgan fingerprint density at radius 2 is 2.00 bits per heavy atom. The Bertz CT molecular complexity index is 1270. The lowest BCUT2D eigenvalue weighted by Crippen LogP contribution is -2.71. The number of nitrogens with zero attached hydrogens (tertiary/aromatic N) is 3. The van der Waals surface area contributed by atoms with E-state index in [0.29, 0.717) is 0 Å². The van der Waals surface area contributed by atoms with Gasteiger partial charge in [-0.2, -0.15) is 0 Å². The van der Waals surface area contributed by atoms with Gasteiger partial charge in [0.2, 0.25) is 5.60 Å². The van der Waals surface area contributed by atoms with Crippen molar-refractivity contribution in [2.45, 2.75) is 44.2 Å². The Morgan fingerprint density at radius 1 is 1.32 bits per heavy atom. The first kappa shape index (κ1) is 28.6. The van der Waals surface area contributed by atoms with Crippen molar-refractivity contribution in [3.63, 3.8) is 0 Å². The van der Waals surface area contributed by atoms with E-state index in [1.165, 1.54) is 26.2 Å². The zero-order chi connectivity index (χ0) is 28.4. The molecule has 204 valence electrons. The number of anilines is 1. The lowest BCUT2D eigenvalue weighted by molar-refractivity contribution is -0.150. The lowest BCUT2D eigenvalue weighted by Gasteiger charge is -2.49. The van der Waals surface area contributed by atoms with Gasteiger partial charge in [-0.25, -0.2) is 9.78 Å². The molecule has 38 heavy (non-hydrogen) atoms. The van der Waals surface area contributed by atoms with Crippen LogP contribution in [0.2, 0.25) is 0 Å². The number of primary amides is 1. The largest absolute Gasteiger partial charge is 0.477 e. The maximum absolute atomic E-state index is 13.1. The van der Waals surface area contributed by atoms with Crippen LogP contribution in [0.15, 0.2) is 21.8 Å². The van der Waals surface area contributed by atoms with E-state index in [1.54, 1.807) is 0 Å². The van der Waals surface area contributed by atoms with Crippen LogP contribution in [0.4, 0.5) is 5.13 Å². The number of carboxylic acid groups (broad SMARTS) is 1. The molecule has 17 heteroatoms. The predicted molar refractivity (Wildman–Crippen MR) is 133 cm³/mol. The summed E-state index contributed by atoms with van der Waals surface area (Å²) in [7, 11) is 0. The lowest BCUT2D eigenvalue weighted by atomic mass is 10.0. The highest BCUT2D eigenvalue weighted by molar-refractivity contribution is 8.00. The van der Waals surface area contributed by atoms with Gasteiger partial charge in [-0.1, -0.05) is 5.16 Å². The number of ketones is 1. The predicted octanol–water partition coefficient (Wildman–Crippen LogP) is -1.03. The summed E-state index contributed by atoms with van der Waals surface area (Å²) < 4.78 is 4.98. The maximum Gasteiger partial charge on any atom is 0.352 e. The molecule has 1 fully saturated rings. The molecule has 2 aliphatic rings. The third-order valence-corrected chi connectivity index (χ3v) is 7.29. The summed E-state index contributed by atoms with van der Waals surface area (Å²) in [6, 6.07) is -1.13. The van der Waals surface area contributed by atoms with Gasteiger partial charge >= 0.3 is 11.9 Å². The third kappa shape index (κ3) is 6.10. The first-order valence-electron chi connectivity index (χ1n) is 10.9. The number of nitrogens with one attached hydrogen (secondary N) is 1. The molecule has 0 spiro atoms. The molecule has 2 atom stereocenters. The minimum Gasteiger partial charge on any atom is -0.477 e. The van der Waals surface area contributed by atoms with Crippen LogP contribution < -0.4 is 16.8 Å². The van der Waals surface area contributed by atoms with Crippen LogP contribution in [0, 0.1) is 0 Å². The van der Waals surface area contributed by atoms with E-state index >= 15 is 0 Å². The van der Waals surface area contributed by atoms with Crippen molar-refractivity contribution in [3.8, 4) is 0 Å². The van der Waals surface area contributed by atoms with Gasteiger partial charge in [0.15, 0.2) is 10.8 Å². The fourth-order valence-corrected chi connectivity index (χ4v) is 5.11. The molecule has 3 amide bonds. The minimum absolute atomic E-state index is 0.0194. The Balaban J connectivity index is 1.79. The number of carboxylic acids is 1. The van der Waals surface area contributed by atoms with Gasteiger partial charge in [-0.15, -0.1) is 23.1 Å².